The van der Waals surface area contributed by atoms with Crippen molar-refractivity contribution in [2.45, 2.75) is 6.54 Å². The van der Waals surface area contributed by atoms with Crippen LogP contribution in [0.15, 0.2) is 23.1 Å². The summed E-state index contributed by atoms with van der Waals surface area (Å²) < 4.78 is 2.73. The SMILES string of the molecule is NCc1nc2ncccn2c1Br. The molecule has 2 aromatic rings. The highest BCUT2D eigenvalue weighted by Crippen LogP contribution is 2.16. The van der Waals surface area contributed by atoms with Crippen molar-refractivity contribution in [2.24, 2.45) is 5.73 Å². The van der Waals surface area contributed by atoms with E-state index in [2.05, 4.69) is 25.9 Å². The summed E-state index contributed by atoms with van der Waals surface area (Å²) in [7, 11) is 0. The molecule has 0 fully saturated rings. The Balaban J connectivity index is 2.78. The summed E-state index contributed by atoms with van der Waals surface area (Å²) in [6, 6.07) is 1.85. The van der Waals surface area contributed by atoms with Gasteiger partial charge in [-0.05, 0) is 22.0 Å². The Bertz CT molecular complexity index is 409. The predicted molar refractivity (Wildman–Crippen MR) is 48.6 cm³/mol. The summed E-state index contributed by atoms with van der Waals surface area (Å²) in [5, 5.41) is 0. The van der Waals surface area contributed by atoms with Gasteiger partial charge in [0, 0.05) is 18.9 Å². The lowest BCUT2D eigenvalue weighted by Gasteiger charge is -1.91. The third-order valence-corrected chi connectivity index (χ3v) is 2.44. The van der Waals surface area contributed by atoms with Crippen LogP contribution in [0, 0.1) is 0 Å². The molecule has 0 aromatic carbocycles. The molecule has 0 amide bonds. The molecule has 2 N–H and O–H groups in total. The topological polar surface area (TPSA) is 56.2 Å². The Labute approximate surface area is 77.6 Å². The molecule has 0 radical (unpaired) electrons. The van der Waals surface area contributed by atoms with E-state index in [0.717, 1.165) is 10.3 Å². The molecule has 0 saturated heterocycles. The first kappa shape index (κ1) is 7.70. The standard InChI is InChI=1S/C7H7BrN4/c8-6-5(4-9)11-7-10-2-1-3-12(6)7/h1-3H,4,9H2. The quantitative estimate of drug-likeness (QED) is 0.788. The maximum absolute atomic E-state index is 5.48. The van der Waals surface area contributed by atoms with E-state index in [4.69, 9.17) is 5.73 Å². The largest absolute Gasteiger partial charge is 0.325 e. The first-order valence-corrected chi connectivity index (χ1v) is 4.29. The maximum atomic E-state index is 5.48. The van der Waals surface area contributed by atoms with Crippen LogP contribution in [0.5, 0.6) is 0 Å². The van der Waals surface area contributed by atoms with Crippen LogP contribution in [-0.2, 0) is 6.54 Å². The zero-order chi connectivity index (χ0) is 8.55. The van der Waals surface area contributed by atoms with Gasteiger partial charge in [-0.3, -0.25) is 4.40 Å². The zero-order valence-electron chi connectivity index (χ0n) is 6.24. The van der Waals surface area contributed by atoms with Crippen molar-refractivity contribution >= 4 is 21.7 Å². The molecule has 0 aliphatic rings. The average molecular weight is 227 g/mol. The molecule has 0 bridgehead atoms. The molecular formula is C7H7BrN4. The number of halogens is 1. The molecule has 2 aromatic heterocycles. The van der Waals surface area contributed by atoms with Gasteiger partial charge in [0.2, 0.25) is 5.78 Å². The number of fused-ring (bicyclic) bond motifs is 1. The monoisotopic (exact) mass is 226 g/mol. The van der Waals surface area contributed by atoms with Crippen LogP contribution in [0.4, 0.5) is 0 Å². The normalized spacial score (nSPS) is 10.8. The van der Waals surface area contributed by atoms with Crippen LogP contribution in [0.3, 0.4) is 0 Å². The van der Waals surface area contributed by atoms with Crippen molar-refractivity contribution in [3.63, 3.8) is 0 Å². The fourth-order valence-corrected chi connectivity index (χ4v) is 1.56. The zero-order valence-corrected chi connectivity index (χ0v) is 7.82. The fraction of sp³-hybridized carbons (Fsp3) is 0.143. The van der Waals surface area contributed by atoms with Crippen LogP contribution >= 0.6 is 15.9 Å². The number of hydrogen-bond donors (Lipinski definition) is 1. The van der Waals surface area contributed by atoms with E-state index in [1.54, 1.807) is 6.20 Å². The van der Waals surface area contributed by atoms with E-state index in [9.17, 15) is 0 Å². The second-order valence-electron chi connectivity index (χ2n) is 2.34. The number of imidazole rings is 1. The fourth-order valence-electron chi connectivity index (χ4n) is 1.03. The highest BCUT2D eigenvalue weighted by molar-refractivity contribution is 9.10. The molecule has 4 nitrogen and oxygen atoms in total. The summed E-state index contributed by atoms with van der Waals surface area (Å²) in [6.07, 6.45) is 3.59. The van der Waals surface area contributed by atoms with Gasteiger partial charge in [0.15, 0.2) is 0 Å². The highest BCUT2D eigenvalue weighted by Gasteiger charge is 2.06. The summed E-state index contributed by atoms with van der Waals surface area (Å²) in [5.41, 5.74) is 6.31. The second-order valence-corrected chi connectivity index (χ2v) is 3.09. The molecule has 12 heavy (non-hydrogen) atoms. The van der Waals surface area contributed by atoms with Gasteiger partial charge < -0.3 is 5.73 Å². The van der Waals surface area contributed by atoms with Crippen molar-refractivity contribution in [3.8, 4) is 0 Å². The molecule has 62 valence electrons. The van der Waals surface area contributed by atoms with Gasteiger partial charge in [0.25, 0.3) is 0 Å². The van der Waals surface area contributed by atoms with Gasteiger partial charge in [-0.25, -0.2) is 9.97 Å². The van der Waals surface area contributed by atoms with Crippen LogP contribution in [0.25, 0.3) is 5.78 Å². The van der Waals surface area contributed by atoms with E-state index in [1.165, 1.54) is 0 Å². The Morgan fingerprint density at radius 2 is 2.42 bits per heavy atom. The van der Waals surface area contributed by atoms with Gasteiger partial charge in [-0.2, -0.15) is 0 Å². The molecule has 2 heterocycles. The van der Waals surface area contributed by atoms with Gasteiger partial charge >= 0.3 is 0 Å². The van der Waals surface area contributed by atoms with Crippen LogP contribution in [0.1, 0.15) is 5.69 Å². The van der Waals surface area contributed by atoms with E-state index >= 15 is 0 Å². The Kier molecular flexibility index (Phi) is 1.82. The lowest BCUT2D eigenvalue weighted by molar-refractivity contribution is 1.00. The maximum Gasteiger partial charge on any atom is 0.234 e. The van der Waals surface area contributed by atoms with Gasteiger partial charge in [0.05, 0.1) is 5.69 Å². The molecule has 2 rings (SSSR count). The van der Waals surface area contributed by atoms with Gasteiger partial charge in [-0.15, -0.1) is 0 Å². The van der Waals surface area contributed by atoms with Crippen molar-refractivity contribution in [3.05, 3.63) is 28.8 Å². The Morgan fingerprint density at radius 3 is 3.08 bits per heavy atom. The average Bonchev–Trinajstić information content (AvgIpc) is 2.44. The molecule has 0 aliphatic carbocycles. The van der Waals surface area contributed by atoms with Crippen molar-refractivity contribution in [2.75, 3.05) is 0 Å². The van der Waals surface area contributed by atoms with Crippen LogP contribution in [0.2, 0.25) is 0 Å². The number of aromatic nitrogens is 3. The van der Waals surface area contributed by atoms with Gasteiger partial charge in [0.1, 0.15) is 4.60 Å². The number of rotatable bonds is 1. The smallest absolute Gasteiger partial charge is 0.234 e. The number of hydrogen-bond acceptors (Lipinski definition) is 3. The lowest BCUT2D eigenvalue weighted by atomic mass is 10.5. The minimum absolute atomic E-state index is 0.421. The molecule has 0 spiro atoms. The molecule has 0 unspecified atom stereocenters. The van der Waals surface area contributed by atoms with Gasteiger partial charge in [-0.1, -0.05) is 0 Å². The van der Waals surface area contributed by atoms with E-state index in [1.807, 2.05) is 16.7 Å². The number of nitrogens with two attached hydrogens (primary N) is 1. The van der Waals surface area contributed by atoms with E-state index in [-0.39, 0.29) is 0 Å². The molecule has 0 saturated carbocycles. The highest BCUT2D eigenvalue weighted by atomic mass is 79.9. The predicted octanol–water partition coefficient (Wildman–Crippen LogP) is 0.950. The first-order chi connectivity index (χ1) is 5.83. The summed E-state index contributed by atoms with van der Waals surface area (Å²) in [4.78, 5) is 8.29. The molecular weight excluding hydrogens is 220 g/mol. The van der Waals surface area contributed by atoms with E-state index in [0.29, 0.717) is 12.3 Å². The van der Waals surface area contributed by atoms with Crippen LogP contribution < -0.4 is 5.73 Å². The first-order valence-electron chi connectivity index (χ1n) is 3.50. The summed E-state index contributed by atoms with van der Waals surface area (Å²) >= 11 is 3.39. The second kappa shape index (κ2) is 2.84. The molecule has 0 atom stereocenters. The Morgan fingerprint density at radius 1 is 1.58 bits per heavy atom. The van der Waals surface area contributed by atoms with E-state index < -0.39 is 0 Å². The van der Waals surface area contributed by atoms with Crippen LogP contribution in [-0.4, -0.2) is 14.4 Å². The molecule has 5 heteroatoms. The third kappa shape index (κ3) is 1.02. The minimum Gasteiger partial charge on any atom is -0.325 e. The summed E-state index contributed by atoms with van der Waals surface area (Å²) in [5.74, 6) is 0.671. The molecule has 0 aliphatic heterocycles. The minimum atomic E-state index is 0.421. The summed E-state index contributed by atoms with van der Waals surface area (Å²) in [6.45, 7) is 0.421. The van der Waals surface area contributed by atoms with Crippen molar-refractivity contribution in [1.82, 2.24) is 14.4 Å². The lowest BCUT2D eigenvalue weighted by Crippen LogP contribution is -1.96. The number of nitrogens with zero attached hydrogens (tertiary/aromatic N) is 3. The van der Waals surface area contributed by atoms with Crippen molar-refractivity contribution < 1.29 is 0 Å². The third-order valence-electron chi connectivity index (χ3n) is 1.60. The van der Waals surface area contributed by atoms with Crippen molar-refractivity contribution in [1.29, 1.82) is 0 Å². The Hall–Kier alpha value is -0.940.